The maximum Gasteiger partial charge on any atom is 0.254 e. The second kappa shape index (κ2) is 8.23. The Morgan fingerprint density at radius 1 is 1.15 bits per heavy atom. The first-order valence-electron chi connectivity index (χ1n) is 8.69. The van der Waals surface area contributed by atoms with Crippen molar-refractivity contribution in [3.05, 3.63) is 64.7 Å². The predicted molar refractivity (Wildman–Crippen MR) is 99.8 cm³/mol. The Hall–Kier alpha value is -3.24. The first-order chi connectivity index (χ1) is 12.7. The minimum absolute atomic E-state index is 0.111. The van der Waals surface area contributed by atoms with Gasteiger partial charge in [-0.1, -0.05) is 17.9 Å². The average molecular weight is 344 g/mol. The molecule has 1 aliphatic heterocycles. The van der Waals surface area contributed by atoms with Gasteiger partial charge in [0.1, 0.15) is 12.4 Å². The molecule has 1 aliphatic rings. The van der Waals surface area contributed by atoms with E-state index in [1.807, 2.05) is 30.0 Å². The minimum atomic E-state index is 0.111. The molecule has 0 saturated carbocycles. The zero-order valence-corrected chi connectivity index (χ0v) is 14.8. The molecule has 2 aromatic rings. The summed E-state index contributed by atoms with van der Waals surface area (Å²) in [6.07, 6.45) is 2.18. The van der Waals surface area contributed by atoms with Crippen molar-refractivity contribution in [3.8, 4) is 23.7 Å². The number of carbonyl (C=O) groups excluding carboxylic acids is 1. The van der Waals surface area contributed by atoms with E-state index in [1.165, 1.54) is 0 Å². The summed E-state index contributed by atoms with van der Waals surface area (Å²) in [5.41, 5.74) is 3.11. The topological polar surface area (TPSA) is 53.3 Å². The number of nitrogens with zero attached hydrogens (tertiary/aromatic N) is 2. The van der Waals surface area contributed by atoms with Gasteiger partial charge in [0.05, 0.1) is 11.6 Å². The molecular weight excluding hydrogens is 324 g/mol. The van der Waals surface area contributed by atoms with E-state index >= 15 is 0 Å². The van der Waals surface area contributed by atoms with Crippen LogP contribution in [0, 0.1) is 30.1 Å². The molecule has 0 N–H and O–H groups in total. The van der Waals surface area contributed by atoms with Crippen molar-refractivity contribution >= 4 is 5.91 Å². The van der Waals surface area contributed by atoms with Gasteiger partial charge < -0.3 is 9.64 Å². The van der Waals surface area contributed by atoms with Gasteiger partial charge in [-0.15, -0.1) is 0 Å². The van der Waals surface area contributed by atoms with Crippen molar-refractivity contribution in [1.29, 1.82) is 5.26 Å². The molecular formula is C22H20N2O2. The number of ether oxygens (including phenoxy) is 1. The van der Waals surface area contributed by atoms with E-state index in [9.17, 15) is 4.79 Å². The highest BCUT2D eigenvalue weighted by atomic mass is 16.5. The lowest BCUT2D eigenvalue weighted by molar-refractivity contribution is 0.0792. The molecule has 0 aliphatic carbocycles. The third-order valence-corrected chi connectivity index (χ3v) is 4.36. The molecule has 4 nitrogen and oxygen atoms in total. The van der Waals surface area contributed by atoms with E-state index in [4.69, 9.17) is 10.00 Å². The molecule has 1 fully saturated rings. The lowest BCUT2D eigenvalue weighted by Gasteiger charge is -2.16. The summed E-state index contributed by atoms with van der Waals surface area (Å²) >= 11 is 0. The molecule has 0 spiro atoms. The molecule has 3 rings (SSSR count). The Morgan fingerprint density at radius 3 is 2.69 bits per heavy atom. The molecule has 130 valence electrons. The minimum Gasteiger partial charge on any atom is -0.481 e. The monoisotopic (exact) mass is 344 g/mol. The Morgan fingerprint density at radius 2 is 1.96 bits per heavy atom. The van der Waals surface area contributed by atoms with Crippen molar-refractivity contribution < 1.29 is 9.53 Å². The summed E-state index contributed by atoms with van der Waals surface area (Å²) < 4.78 is 5.54. The van der Waals surface area contributed by atoms with Crippen LogP contribution in [0.1, 0.15) is 39.9 Å². The van der Waals surface area contributed by atoms with Crippen LogP contribution in [0.3, 0.4) is 0 Å². The number of hydrogen-bond donors (Lipinski definition) is 0. The zero-order chi connectivity index (χ0) is 18.4. The van der Waals surface area contributed by atoms with Crippen LogP contribution >= 0.6 is 0 Å². The molecule has 0 aromatic heterocycles. The number of hydrogen-bond acceptors (Lipinski definition) is 3. The van der Waals surface area contributed by atoms with Gasteiger partial charge in [-0.2, -0.15) is 5.26 Å². The Bertz CT molecular complexity index is 910. The van der Waals surface area contributed by atoms with Crippen molar-refractivity contribution in [1.82, 2.24) is 4.90 Å². The highest BCUT2D eigenvalue weighted by Gasteiger charge is 2.20. The highest BCUT2D eigenvalue weighted by molar-refractivity contribution is 5.96. The van der Waals surface area contributed by atoms with Gasteiger partial charge in [-0.3, -0.25) is 4.79 Å². The van der Waals surface area contributed by atoms with Crippen molar-refractivity contribution in [2.75, 3.05) is 19.7 Å². The molecule has 1 saturated heterocycles. The van der Waals surface area contributed by atoms with E-state index in [0.717, 1.165) is 42.6 Å². The molecule has 0 radical (unpaired) electrons. The average Bonchev–Trinajstić information content (AvgIpc) is 3.20. The maximum absolute atomic E-state index is 12.5. The fourth-order valence-corrected chi connectivity index (χ4v) is 2.98. The van der Waals surface area contributed by atoms with Crippen LogP contribution in [-0.2, 0) is 0 Å². The quantitative estimate of drug-likeness (QED) is 0.801. The smallest absolute Gasteiger partial charge is 0.254 e. The molecule has 0 atom stereocenters. The summed E-state index contributed by atoms with van der Waals surface area (Å²) in [5, 5.41) is 8.88. The van der Waals surface area contributed by atoms with Crippen LogP contribution in [0.2, 0.25) is 0 Å². The van der Waals surface area contributed by atoms with Crippen LogP contribution in [0.25, 0.3) is 0 Å². The van der Waals surface area contributed by atoms with Gasteiger partial charge in [-0.25, -0.2) is 0 Å². The number of benzene rings is 2. The van der Waals surface area contributed by atoms with Crippen molar-refractivity contribution in [3.63, 3.8) is 0 Å². The zero-order valence-electron chi connectivity index (χ0n) is 14.8. The van der Waals surface area contributed by atoms with E-state index in [1.54, 1.807) is 24.3 Å². The number of amides is 1. The number of rotatable bonds is 3. The van der Waals surface area contributed by atoms with E-state index < -0.39 is 0 Å². The first kappa shape index (κ1) is 17.6. The summed E-state index contributed by atoms with van der Waals surface area (Å²) in [6.45, 7) is 3.88. The number of likely N-dealkylation sites (tertiary alicyclic amines) is 1. The Balaban J connectivity index is 1.62. The number of nitriles is 1. The number of aryl methyl sites for hydroxylation is 1. The Labute approximate surface area is 154 Å². The molecule has 1 amide bonds. The maximum atomic E-state index is 12.5. The van der Waals surface area contributed by atoms with Crippen molar-refractivity contribution in [2.24, 2.45) is 0 Å². The predicted octanol–water partition coefficient (Wildman–Crippen LogP) is 3.53. The van der Waals surface area contributed by atoms with Gasteiger partial charge in [0.2, 0.25) is 0 Å². The van der Waals surface area contributed by atoms with E-state index in [-0.39, 0.29) is 12.5 Å². The fourth-order valence-electron chi connectivity index (χ4n) is 2.98. The lowest BCUT2D eigenvalue weighted by atomic mass is 10.0. The Kier molecular flexibility index (Phi) is 5.56. The highest BCUT2D eigenvalue weighted by Crippen LogP contribution is 2.17. The molecule has 4 heteroatoms. The lowest BCUT2D eigenvalue weighted by Crippen LogP contribution is -2.28. The largest absolute Gasteiger partial charge is 0.481 e. The van der Waals surface area contributed by atoms with Gasteiger partial charge >= 0.3 is 0 Å². The van der Waals surface area contributed by atoms with Crippen LogP contribution in [-0.4, -0.2) is 30.5 Å². The van der Waals surface area contributed by atoms with E-state index in [0.29, 0.717) is 11.3 Å². The van der Waals surface area contributed by atoms with Gasteiger partial charge in [0.25, 0.3) is 5.91 Å². The summed E-state index contributed by atoms with van der Waals surface area (Å²) in [5.74, 6) is 6.76. The second-order valence-electron chi connectivity index (χ2n) is 6.26. The van der Waals surface area contributed by atoms with Crippen LogP contribution in [0.4, 0.5) is 0 Å². The molecule has 0 bridgehead atoms. The fraction of sp³-hybridized carbons (Fsp3) is 0.273. The molecule has 26 heavy (non-hydrogen) atoms. The van der Waals surface area contributed by atoms with Crippen LogP contribution < -0.4 is 4.74 Å². The second-order valence-corrected chi connectivity index (χ2v) is 6.26. The third-order valence-electron chi connectivity index (χ3n) is 4.36. The first-order valence-corrected chi connectivity index (χ1v) is 8.69. The van der Waals surface area contributed by atoms with Gasteiger partial charge in [0, 0.05) is 24.2 Å². The van der Waals surface area contributed by atoms with E-state index in [2.05, 4.69) is 17.9 Å². The summed E-state index contributed by atoms with van der Waals surface area (Å²) in [4.78, 5) is 14.4. The standard InChI is InChI=1S/C22H20N2O2/c1-17-14-18(9-10-21(17)22(25)24-11-2-3-12-24)7-5-13-26-20-8-4-6-19(15-20)16-23/h4,6,8-10,14-15H,2-3,11-13H2,1H3. The number of carbonyl (C=O) groups is 1. The van der Waals surface area contributed by atoms with Gasteiger partial charge in [0.15, 0.2) is 0 Å². The normalized spacial score (nSPS) is 12.8. The molecule has 2 aromatic carbocycles. The van der Waals surface area contributed by atoms with Crippen molar-refractivity contribution in [2.45, 2.75) is 19.8 Å². The molecule has 1 heterocycles. The van der Waals surface area contributed by atoms with Crippen LogP contribution in [0.15, 0.2) is 42.5 Å². The third kappa shape index (κ3) is 4.23. The summed E-state index contributed by atoms with van der Waals surface area (Å²) in [6, 6.07) is 14.7. The molecule has 0 unspecified atom stereocenters. The SMILES string of the molecule is Cc1cc(C#CCOc2cccc(C#N)c2)ccc1C(=O)N1CCCC1. The van der Waals surface area contributed by atoms with Gasteiger partial charge in [-0.05, 0) is 61.7 Å². The van der Waals surface area contributed by atoms with Crippen LogP contribution in [0.5, 0.6) is 5.75 Å². The summed E-state index contributed by atoms with van der Waals surface area (Å²) in [7, 11) is 0.